The van der Waals surface area contributed by atoms with E-state index in [-0.39, 0.29) is 11.4 Å². The zero-order chi connectivity index (χ0) is 18.5. The number of nitrogens with zero attached hydrogens (tertiary/aromatic N) is 1. The number of rotatable bonds is 5. The molecule has 0 spiro atoms. The SMILES string of the molecule is Cc1cccc(CNc2ccc(C(=O)Nc3ccc(F)c(F)c3)nc2)c1. The van der Waals surface area contributed by atoms with Gasteiger partial charge in [0.1, 0.15) is 5.69 Å². The fourth-order valence-corrected chi connectivity index (χ4v) is 2.43. The molecule has 6 heteroatoms. The van der Waals surface area contributed by atoms with Crippen LogP contribution in [0.25, 0.3) is 0 Å². The second-order valence-electron chi connectivity index (χ2n) is 5.86. The monoisotopic (exact) mass is 353 g/mol. The van der Waals surface area contributed by atoms with Crippen LogP contribution in [0.15, 0.2) is 60.8 Å². The summed E-state index contributed by atoms with van der Waals surface area (Å²) in [4.78, 5) is 16.2. The Morgan fingerprint density at radius 3 is 2.50 bits per heavy atom. The molecular weight excluding hydrogens is 336 g/mol. The zero-order valence-electron chi connectivity index (χ0n) is 14.1. The van der Waals surface area contributed by atoms with Crippen molar-refractivity contribution in [3.05, 3.63) is 89.2 Å². The first-order valence-electron chi connectivity index (χ1n) is 8.03. The van der Waals surface area contributed by atoms with Gasteiger partial charge in [-0.1, -0.05) is 29.8 Å². The van der Waals surface area contributed by atoms with Crippen molar-refractivity contribution in [1.82, 2.24) is 4.98 Å². The number of nitrogens with one attached hydrogen (secondary N) is 2. The van der Waals surface area contributed by atoms with Crippen LogP contribution in [0.5, 0.6) is 0 Å². The molecule has 0 bridgehead atoms. The third-order valence-corrected chi connectivity index (χ3v) is 3.75. The fourth-order valence-electron chi connectivity index (χ4n) is 2.43. The molecule has 1 amide bonds. The van der Waals surface area contributed by atoms with Gasteiger partial charge in [-0.3, -0.25) is 4.79 Å². The van der Waals surface area contributed by atoms with Crippen LogP contribution in [0.4, 0.5) is 20.2 Å². The van der Waals surface area contributed by atoms with Gasteiger partial charge in [0, 0.05) is 18.3 Å². The summed E-state index contributed by atoms with van der Waals surface area (Å²) in [6.45, 7) is 2.68. The normalized spacial score (nSPS) is 10.4. The van der Waals surface area contributed by atoms with E-state index in [4.69, 9.17) is 0 Å². The van der Waals surface area contributed by atoms with Gasteiger partial charge in [-0.2, -0.15) is 0 Å². The van der Waals surface area contributed by atoms with Crippen molar-refractivity contribution < 1.29 is 13.6 Å². The Balaban J connectivity index is 1.61. The average molecular weight is 353 g/mol. The first-order chi connectivity index (χ1) is 12.5. The van der Waals surface area contributed by atoms with E-state index >= 15 is 0 Å². The van der Waals surface area contributed by atoms with Crippen LogP contribution in [0.2, 0.25) is 0 Å². The second kappa shape index (κ2) is 7.74. The van der Waals surface area contributed by atoms with Crippen LogP contribution >= 0.6 is 0 Å². The minimum absolute atomic E-state index is 0.164. The van der Waals surface area contributed by atoms with E-state index in [9.17, 15) is 13.6 Å². The Labute approximate surface area is 149 Å². The van der Waals surface area contributed by atoms with Gasteiger partial charge in [0.05, 0.1) is 11.9 Å². The topological polar surface area (TPSA) is 54.0 Å². The van der Waals surface area contributed by atoms with Gasteiger partial charge in [0.25, 0.3) is 5.91 Å². The molecule has 3 rings (SSSR count). The van der Waals surface area contributed by atoms with Crippen LogP contribution in [-0.4, -0.2) is 10.9 Å². The van der Waals surface area contributed by atoms with Crippen LogP contribution < -0.4 is 10.6 Å². The number of amides is 1. The predicted molar refractivity (Wildman–Crippen MR) is 97.1 cm³/mol. The smallest absolute Gasteiger partial charge is 0.274 e. The summed E-state index contributed by atoms with van der Waals surface area (Å²) in [5.41, 5.74) is 3.45. The van der Waals surface area contributed by atoms with Gasteiger partial charge < -0.3 is 10.6 Å². The van der Waals surface area contributed by atoms with Gasteiger partial charge in [-0.15, -0.1) is 0 Å². The summed E-state index contributed by atoms with van der Waals surface area (Å²) in [6, 6.07) is 14.6. The minimum Gasteiger partial charge on any atom is -0.380 e. The number of anilines is 2. The third-order valence-electron chi connectivity index (χ3n) is 3.75. The largest absolute Gasteiger partial charge is 0.380 e. The maximum atomic E-state index is 13.2. The Morgan fingerprint density at radius 2 is 1.81 bits per heavy atom. The molecule has 0 saturated carbocycles. The number of pyridine rings is 1. The highest BCUT2D eigenvalue weighted by atomic mass is 19.2. The Hall–Kier alpha value is -3.28. The van der Waals surface area contributed by atoms with Crippen molar-refractivity contribution in [3.8, 4) is 0 Å². The summed E-state index contributed by atoms with van der Waals surface area (Å²) in [7, 11) is 0. The van der Waals surface area contributed by atoms with E-state index in [0.717, 1.165) is 23.4 Å². The Morgan fingerprint density at radius 1 is 1.00 bits per heavy atom. The van der Waals surface area contributed by atoms with Crippen molar-refractivity contribution in [2.24, 2.45) is 0 Å². The van der Waals surface area contributed by atoms with Crippen molar-refractivity contribution >= 4 is 17.3 Å². The van der Waals surface area contributed by atoms with Gasteiger partial charge >= 0.3 is 0 Å². The summed E-state index contributed by atoms with van der Waals surface area (Å²) < 4.78 is 26.1. The van der Waals surface area contributed by atoms with Crippen molar-refractivity contribution in [1.29, 1.82) is 0 Å². The maximum Gasteiger partial charge on any atom is 0.274 e. The standard InChI is InChI=1S/C20H17F2N3O/c1-13-3-2-4-14(9-13)11-23-16-6-8-19(24-12-16)20(26)25-15-5-7-17(21)18(22)10-15/h2-10,12,23H,11H2,1H3,(H,25,26). The average Bonchev–Trinajstić information content (AvgIpc) is 2.63. The molecule has 0 atom stereocenters. The van der Waals surface area contributed by atoms with E-state index in [2.05, 4.69) is 21.7 Å². The predicted octanol–water partition coefficient (Wildman–Crippen LogP) is 4.53. The Kier molecular flexibility index (Phi) is 5.22. The lowest BCUT2D eigenvalue weighted by molar-refractivity contribution is 0.102. The molecule has 0 radical (unpaired) electrons. The summed E-state index contributed by atoms with van der Waals surface area (Å²) >= 11 is 0. The number of hydrogen-bond acceptors (Lipinski definition) is 3. The quantitative estimate of drug-likeness (QED) is 0.708. The van der Waals surface area contributed by atoms with Gasteiger partial charge in [-0.25, -0.2) is 13.8 Å². The highest BCUT2D eigenvalue weighted by Gasteiger charge is 2.09. The lowest BCUT2D eigenvalue weighted by atomic mass is 10.1. The number of benzene rings is 2. The molecule has 2 N–H and O–H groups in total. The van der Waals surface area contributed by atoms with E-state index in [0.29, 0.717) is 6.54 Å². The van der Waals surface area contributed by atoms with Crippen LogP contribution in [0, 0.1) is 18.6 Å². The number of hydrogen-bond donors (Lipinski definition) is 2. The molecule has 3 aromatic rings. The van der Waals surface area contributed by atoms with E-state index in [1.54, 1.807) is 18.3 Å². The minimum atomic E-state index is -1.02. The lowest BCUT2D eigenvalue weighted by Crippen LogP contribution is -2.14. The number of halogens is 2. The van der Waals surface area contributed by atoms with Crippen molar-refractivity contribution in [3.63, 3.8) is 0 Å². The molecular formula is C20H17F2N3O. The molecule has 0 aliphatic rings. The highest BCUT2D eigenvalue weighted by Crippen LogP contribution is 2.15. The maximum absolute atomic E-state index is 13.2. The molecule has 132 valence electrons. The summed E-state index contributed by atoms with van der Waals surface area (Å²) in [6.07, 6.45) is 1.55. The van der Waals surface area contributed by atoms with E-state index in [1.807, 2.05) is 25.1 Å². The molecule has 0 saturated heterocycles. The van der Waals surface area contributed by atoms with Crippen LogP contribution in [-0.2, 0) is 6.54 Å². The molecule has 0 aliphatic heterocycles. The van der Waals surface area contributed by atoms with Crippen molar-refractivity contribution in [2.75, 3.05) is 10.6 Å². The molecule has 1 heterocycles. The van der Waals surface area contributed by atoms with Gasteiger partial charge in [-0.05, 0) is 36.8 Å². The first kappa shape index (κ1) is 17.5. The summed E-state index contributed by atoms with van der Waals surface area (Å²) in [5, 5.41) is 5.71. The van der Waals surface area contributed by atoms with Gasteiger partial charge in [0.2, 0.25) is 0 Å². The van der Waals surface area contributed by atoms with Crippen LogP contribution in [0.3, 0.4) is 0 Å². The molecule has 26 heavy (non-hydrogen) atoms. The lowest BCUT2D eigenvalue weighted by Gasteiger charge is -2.08. The van der Waals surface area contributed by atoms with E-state index in [1.165, 1.54) is 11.6 Å². The number of aryl methyl sites for hydroxylation is 1. The zero-order valence-corrected chi connectivity index (χ0v) is 14.1. The molecule has 2 aromatic carbocycles. The molecule has 1 aromatic heterocycles. The number of carbonyl (C=O) groups is 1. The highest BCUT2D eigenvalue weighted by molar-refractivity contribution is 6.02. The van der Waals surface area contributed by atoms with Crippen LogP contribution in [0.1, 0.15) is 21.6 Å². The molecule has 0 fully saturated rings. The third kappa shape index (κ3) is 4.42. The molecule has 4 nitrogen and oxygen atoms in total. The summed E-state index contributed by atoms with van der Waals surface area (Å²) in [5.74, 6) is -2.49. The second-order valence-corrected chi connectivity index (χ2v) is 5.86. The Bertz CT molecular complexity index is 927. The molecule has 0 aliphatic carbocycles. The van der Waals surface area contributed by atoms with Gasteiger partial charge in [0.15, 0.2) is 11.6 Å². The fraction of sp³-hybridized carbons (Fsp3) is 0.100. The van der Waals surface area contributed by atoms with E-state index < -0.39 is 17.5 Å². The van der Waals surface area contributed by atoms with Crippen molar-refractivity contribution in [2.45, 2.75) is 13.5 Å². The number of carbonyl (C=O) groups excluding carboxylic acids is 1. The number of aromatic nitrogens is 1. The molecule has 0 unspecified atom stereocenters. The first-order valence-corrected chi connectivity index (χ1v) is 8.03.